The number of rotatable bonds is 4. The Hall–Kier alpha value is -1.06. The van der Waals surface area contributed by atoms with Crippen molar-refractivity contribution in [3.8, 4) is 0 Å². The molecule has 0 heterocycles. The van der Waals surface area contributed by atoms with Crippen LogP contribution in [0.5, 0.6) is 0 Å². The number of carbonyl (C=O) groups is 2. The molecule has 4 nitrogen and oxygen atoms in total. The summed E-state index contributed by atoms with van der Waals surface area (Å²) in [6.07, 6.45) is 2.20. The van der Waals surface area contributed by atoms with Gasteiger partial charge in [-0.25, -0.2) is 0 Å². The minimum atomic E-state index is -0.876. The lowest BCUT2D eigenvalue weighted by Gasteiger charge is -2.17. The maximum absolute atomic E-state index is 11.6. The van der Waals surface area contributed by atoms with E-state index in [-0.39, 0.29) is 11.9 Å². The van der Waals surface area contributed by atoms with E-state index in [4.69, 9.17) is 9.84 Å². The molecule has 86 valence electrons. The first-order chi connectivity index (χ1) is 7.07. The van der Waals surface area contributed by atoms with Crippen LogP contribution in [-0.4, -0.2) is 23.7 Å². The SMILES string of the molecule is CCCOC(=O)C1CCC(C)C1C(=O)O. The van der Waals surface area contributed by atoms with E-state index < -0.39 is 17.8 Å². The molecule has 0 aliphatic heterocycles. The highest BCUT2D eigenvalue weighted by molar-refractivity contribution is 5.82. The summed E-state index contributed by atoms with van der Waals surface area (Å²) in [6.45, 7) is 4.18. The third-order valence-electron chi connectivity index (χ3n) is 3.02. The van der Waals surface area contributed by atoms with Crippen LogP contribution in [0.2, 0.25) is 0 Å². The van der Waals surface area contributed by atoms with Crippen molar-refractivity contribution >= 4 is 11.9 Å². The maximum atomic E-state index is 11.6. The van der Waals surface area contributed by atoms with Gasteiger partial charge in [0.05, 0.1) is 18.4 Å². The van der Waals surface area contributed by atoms with E-state index in [2.05, 4.69) is 0 Å². The zero-order chi connectivity index (χ0) is 11.4. The number of carboxylic acids is 1. The minimum absolute atomic E-state index is 0.0710. The molecule has 0 amide bonds. The number of aliphatic carboxylic acids is 1. The van der Waals surface area contributed by atoms with E-state index in [9.17, 15) is 9.59 Å². The molecule has 1 aliphatic carbocycles. The monoisotopic (exact) mass is 214 g/mol. The van der Waals surface area contributed by atoms with Gasteiger partial charge in [0.15, 0.2) is 0 Å². The minimum Gasteiger partial charge on any atom is -0.481 e. The van der Waals surface area contributed by atoms with Crippen LogP contribution in [-0.2, 0) is 14.3 Å². The standard InChI is InChI=1S/C11H18O4/c1-3-6-15-11(14)8-5-4-7(2)9(8)10(12)13/h7-9H,3-6H2,1-2H3,(H,12,13). The lowest BCUT2D eigenvalue weighted by Crippen LogP contribution is -2.29. The number of esters is 1. The molecule has 1 saturated carbocycles. The molecular weight excluding hydrogens is 196 g/mol. The van der Waals surface area contributed by atoms with E-state index >= 15 is 0 Å². The molecule has 0 saturated heterocycles. The zero-order valence-corrected chi connectivity index (χ0v) is 9.23. The Bertz CT molecular complexity index is 249. The molecule has 0 bridgehead atoms. The van der Waals surface area contributed by atoms with Crippen molar-refractivity contribution in [2.75, 3.05) is 6.61 Å². The van der Waals surface area contributed by atoms with Gasteiger partial charge in [0.25, 0.3) is 0 Å². The summed E-state index contributed by atoms with van der Waals surface area (Å²) in [4.78, 5) is 22.6. The third kappa shape index (κ3) is 2.70. The average Bonchev–Trinajstić information content (AvgIpc) is 2.56. The van der Waals surface area contributed by atoms with Gasteiger partial charge < -0.3 is 9.84 Å². The molecule has 15 heavy (non-hydrogen) atoms. The molecule has 0 radical (unpaired) electrons. The van der Waals surface area contributed by atoms with Crippen LogP contribution in [0.25, 0.3) is 0 Å². The molecule has 4 heteroatoms. The zero-order valence-electron chi connectivity index (χ0n) is 9.23. The van der Waals surface area contributed by atoms with Crippen LogP contribution in [0, 0.1) is 17.8 Å². The number of hydrogen-bond donors (Lipinski definition) is 1. The summed E-state index contributed by atoms with van der Waals surface area (Å²) in [6, 6.07) is 0. The Morgan fingerprint density at radius 1 is 1.40 bits per heavy atom. The van der Waals surface area contributed by atoms with Crippen molar-refractivity contribution < 1.29 is 19.4 Å². The fraction of sp³-hybridized carbons (Fsp3) is 0.818. The van der Waals surface area contributed by atoms with E-state index in [1.54, 1.807) is 0 Å². The first-order valence-electron chi connectivity index (χ1n) is 5.47. The van der Waals surface area contributed by atoms with Gasteiger partial charge in [0, 0.05) is 0 Å². The van der Waals surface area contributed by atoms with Gasteiger partial charge in [-0.3, -0.25) is 9.59 Å². The number of carboxylic acid groups (broad SMARTS) is 1. The average molecular weight is 214 g/mol. The largest absolute Gasteiger partial charge is 0.481 e. The van der Waals surface area contributed by atoms with E-state index in [0.29, 0.717) is 13.0 Å². The third-order valence-corrected chi connectivity index (χ3v) is 3.02. The van der Waals surface area contributed by atoms with Crippen molar-refractivity contribution in [2.45, 2.75) is 33.1 Å². The van der Waals surface area contributed by atoms with E-state index in [0.717, 1.165) is 12.8 Å². The number of carbonyl (C=O) groups excluding carboxylic acids is 1. The van der Waals surface area contributed by atoms with Crippen LogP contribution >= 0.6 is 0 Å². The highest BCUT2D eigenvalue weighted by Gasteiger charge is 2.43. The van der Waals surface area contributed by atoms with Gasteiger partial charge in [-0.2, -0.15) is 0 Å². The predicted octanol–water partition coefficient (Wildman–Crippen LogP) is 1.69. The van der Waals surface area contributed by atoms with Crippen LogP contribution in [0.4, 0.5) is 0 Å². The van der Waals surface area contributed by atoms with Crippen molar-refractivity contribution in [3.05, 3.63) is 0 Å². The molecule has 3 atom stereocenters. The fourth-order valence-corrected chi connectivity index (χ4v) is 2.19. The Morgan fingerprint density at radius 3 is 2.60 bits per heavy atom. The van der Waals surface area contributed by atoms with Crippen LogP contribution in [0.3, 0.4) is 0 Å². The van der Waals surface area contributed by atoms with Crippen LogP contribution in [0.1, 0.15) is 33.1 Å². The van der Waals surface area contributed by atoms with Gasteiger partial charge in [0.2, 0.25) is 0 Å². The second-order valence-electron chi connectivity index (χ2n) is 4.19. The molecule has 3 unspecified atom stereocenters. The molecule has 1 fully saturated rings. The van der Waals surface area contributed by atoms with Gasteiger partial charge in [-0.05, 0) is 25.2 Å². The number of hydrogen-bond acceptors (Lipinski definition) is 3. The summed E-state index contributed by atoms with van der Waals surface area (Å²) in [5, 5.41) is 9.02. The van der Waals surface area contributed by atoms with Gasteiger partial charge in [0.1, 0.15) is 0 Å². The number of ether oxygens (including phenoxy) is 1. The highest BCUT2D eigenvalue weighted by atomic mass is 16.5. The van der Waals surface area contributed by atoms with E-state index in [1.165, 1.54) is 0 Å². The molecule has 1 N–H and O–H groups in total. The maximum Gasteiger partial charge on any atom is 0.309 e. The van der Waals surface area contributed by atoms with Gasteiger partial charge >= 0.3 is 11.9 Å². The van der Waals surface area contributed by atoms with E-state index in [1.807, 2.05) is 13.8 Å². The highest BCUT2D eigenvalue weighted by Crippen LogP contribution is 2.37. The molecular formula is C11H18O4. The van der Waals surface area contributed by atoms with Gasteiger partial charge in [-0.1, -0.05) is 13.8 Å². The second-order valence-corrected chi connectivity index (χ2v) is 4.19. The fourth-order valence-electron chi connectivity index (χ4n) is 2.19. The Morgan fingerprint density at radius 2 is 2.07 bits per heavy atom. The van der Waals surface area contributed by atoms with Crippen molar-refractivity contribution in [2.24, 2.45) is 17.8 Å². The normalized spacial score (nSPS) is 30.1. The first kappa shape index (κ1) is 12.0. The van der Waals surface area contributed by atoms with Gasteiger partial charge in [-0.15, -0.1) is 0 Å². The lowest BCUT2D eigenvalue weighted by molar-refractivity contribution is -0.157. The van der Waals surface area contributed by atoms with Crippen LogP contribution < -0.4 is 0 Å². The lowest BCUT2D eigenvalue weighted by atomic mass is 9.91. The smallest absolute Gasteiger partial charge is 0.309 e. The summed E-state index contributed by atoms with van der Waals surface area (Å²) in [7, 11) is 0. The Balaban J connectivity index is 2.60. The second kappa shape index (κ2) is 5.14. The van der Waals surface area contributed by atoms with Crippen molar-refractivity contribution in [1.29, 1.82) is 0 Å². The molecule has 0 aromatic rings. The molecule has 1 rings (SSSR count). The molecule has 0 aromatic heterocycles. The summed E-state index contributed by atoms with van der Waals surface area (Å²) < 4.78 is 5.00. The Labute approximate surface area is 89.6 Å². The summed E-state index contributed by atoms with van der Waals surface area (Å²) in [5.74, 6) is -2.15. The van der Waals surface area contributed by atoms with Crippen LogP contribution in [0.15, 0.2) is 0 Å². The summed E-state index contributed by atoms with van der Waals surface area (Å²) in [5.41, 5.74) is 0. The van der Waals surface area contributed by atoms with Crippen molar-refractivity contribution in [3.63, 3.8) is 0 Å². The summed E-state index contributed by atoms with van der Waals surface area (Å²) >= 11 is 0. The first-order valence-corrected chi connectivity index (χ1v) is 5.47. The molecule has 0 aromatic carbocycles. The molecule has 1 aliphatic rings. The Kier molecular flexibility index (Phi) is 4.12. The van der Waals surface area contributed by atoms with Crippen molar-refractivity contribution in [1.82, 2.24) is 0 Å². The predicted molar refractivity (Wildman–Crippen MR) is 54.3 cm³/mol. The topological polar surface area (TPSA) is 63.6 Å². The quantitative estimate of drug-likeness (QED) is 0.723. The molecule has 0 spiro atoms.